The number of ketones is 1. The Bertz CT molecular complexity index is 2960. The summed E-state index contributed by atoms with van der Waals surface area (Å²) in [5.41, 5.74) is -4.90. The van der Waals surface area contributed by atoms with Crippen LogP contribution in [-0.4, -0.2) is 197 Å². The van der Waals surface area contributed by atoms with Crippen LogP contribution in [0.15, 0.2) is 58.4 Å². The van der Waals surface area contributed by atoms with Crippen LogP contribution in [0.5, 0.6) is 0 Å². The molecule has 10 rings (SSSR count). The van der Waals surface area contributed by atoms with Gasteiger partial charge in [-0.05, 0) is 109 Å². The highest BCUT2D eigenvalue weighted by Crippen LogP contribution is 2.60. The van der Waals surface area contributed by atoms with Gasteiger partial charge < -0.3 is 87.3 Å². The molecule has 29 atom stereocenters. The number of aliphatic hydroxyl groups is 4. The zero-order chi connectivity index (χ0) is 67.5. The van der Waals surface area contributed by atoms with Crippen LogP contribution in [0.2, 0.25) is 0 Å². The molecular weight excluding hydrogens is 1220 g/mol. The lowest BCUT2D eigenvalue weighted by molar-refractivity contribution is -0.584. The Morgan fingerprint density at radius 1 is 0.720 bits per heavy atom. The number of alkyl carbamates (subject to hydrolysis) is 1. The highest BCUT2D eigenvalue weighted by atomic mass is 16.8. The number of esters is 2. The van der Waals surface area contributed by atoms with Gasteiger partial charge in [-0.15, -0.1) is 0 Å². The first-order valence-electron chi connectivity index (χ1n) is 33.1. The van der Waals surface area contributed by atoms with Gasteiger partial charge in [0, 0.05) is 68.1 Å². The second-order valence-electron chi connectivity index (χ2n) is 28.2. The van der Waals surface area contributed by atoms with Crippen LogP contribution in [0.25, 0.3) is 0 Å². The van der Waals surface area contributed by atoms with Gasteiger partial charge >= 0.3 is 18.0 Å². The third kappa shape index (κ3) is 14.0. The number of allylic oxidation sites excluding steroid dienone is 2. The molecule has 5 N–H and O–H groups in total. The van der Waals surface area contributed by atoms with Gasteiger partial charge in [0.15, 0.2) is 54.7 Å². The van der Waals surface area contributed by atoms with Crippen LogP contribution >= 0.6 is 0 Å². The number of amides is 1. The van der Waals surface area contributed by atoms with E-state index in [0.717, 1.165) is 7.11 Å². The standard InChI is InChI=1S/C67H96N2O24/c1-30-14-18-47(88-54-28-65(11,69(79)80)60(38(9)86-54)68-64(78)81-13)31(2)23-43-45(73)24-40(29-70)27-67(43)62(76)55(63(77)93-67)61(75)66(12)42(30)16-15-41-56(66)32(3)22-33(4)57(41)92-53-26-49(59(37(8)85-53)87-39(10)71)90-50-21-19-48(35(6)83-50)89-52-25-46(74)58(36(7)84-52)91-51-20-17-44(72)34(5)82-51/h14-16,23-24,29,32-38,41-54,56-60,72-74,76H,17-22,25-28H2,1-13H3,(H,68,78)/b30-14+,31-23+/t32-,33-,34-,35-,36-,37-,38+,41?,42+,43+,44+,45-,46+,47-,48?,49+,50-,51-,52-,53-,54-,56+,57-,58?,59-,60-,65-,66+,67?/m0/s1. The largest absolute Gasteiger partial charge is 0.507 e. The number of carbonyl (C=O) groups excluding carboxylic acids is 5. The highest BCUT2D eigenvalue weighted by molar-refractivity contribution is 6.21. The Morgan fingerprint density at radius 3 is 2.01 bits per heavy atom. The molecule has 93 heavy (non-hydrogen) atoms. The summed E-state index contributed by atoms with van der Waals surface area (Å²) >= 11 is 0. The average Bonchev–Trinajstić information content (AvgIpc) is 1.68. The minimum absolute atomic E-state index is 0.0176. The predicted octanol–water partition coefficient (Wildman–Crippen LogP) is 6.36. The maximum Gasteiger partial charge on any atom is 0.407 e. The fraction of sp³-hybridized carbons (Fsp3) is 0.776. The Morgan fingerprint density at radius 2 is 1.35 bits per heavy atom. The Hall–Kier alpha value is -5.07. The van der Waals surface area contributed by atoms with Crippen LogP contribution in [0.3, 0.4) is 0 Å². The summed E-state index contributed by atoms with van der Waals surface area (Å²) in [5, 5.41) is 61.5. The molecule has 26 nitrogen and oxygen atoms in total. The van der Waals surface area contributed by atoms with Gasteiger partial charge in [0.1, 0.15) is 30.1 Å². The number of methoxy groups -OCH3 is 1. The van der Waals surface area contributed by atoms with Crippen molar-refractivity contribution in [2.24, 2.45) is 40.9 Å². The van der Waals surface area contributed by atoms with Crippen LogP contribution in [0, 0.1) is 51.0 Å². The van der Waals surface area contributed by atoms with E-state index in [9.17, 15) is 49.7 Å². The predicted molar refractivity (Wildman–Crippen MR) is 325 cm³/mol. The second kappa shape index (κ2) is 28.2. The number of aliphatic hydroxyl groups excluding tert-OH is 4. The first kappa shape index (κ1) is 70.7. The Labute approximate surface area is 542 Å². The molecule has 6 fully saturated rings. The van der Waals surface area contributed by atoms with E-state index in [4.69, 9.17) is 61.6 Å². The number of nitrogens with zero attached hydrogens (tertiary/aromatic N) is 1. The van der Waals surface area contributed by atoms with Crippen molar-refractivity contribution in [3.05, 3.63) is 68.5 Å². The molecule has 26 heteroatoms. The van der Waals surface area contributed by atoms with Crippen molar-refractivity contribution in [3.63, 3.8) is 0 Å². The molecule has 1 saturated carbocycles. The van der Waals surface area contributed by atoms with Crippen LogP contribution < -0.4 is 5.32 Å². The molecule has 2 bridgehead atoms. The maximum atomic E-state index is 16.2. The minimum atomic E-state index is -2.13. The number of fused-ring (bicyclic) bond motifs is 3. The van der Waals surface area contributed by atoms with Gasteiger partial charge in [-0.2, -0.15) is 0 Å². The molecule has 10 aliphatic rings. The number of hydrogen-bond donors (Lipinski definition) is 5. The van der Waals surface area contributed by atoms with Crippen molar-refractivity contribution < 1.29 is 111 Å². The number of nitro groups is 1. The van der Waals surface area contributed by atoms with E-state index in [1.165, 1.54) is 19.9 Å². The minimum Gasteiger partial charge on any atom is -0.507 e. The lowest BCUT2D eigenvalue weighted by Gasteiger charge is -2.56. The normalized spacial score (nSPS) is 47.4. The summed E-state index contributed by atoms with van der Waals surface area (Å²) in [7, 11) is 1.15. The topological polar surface area (TPSA) is 341 Å². The molecule has 518 valence electrons. The molecule has 5 saturated heterocycles. The fourth-order valence-electron chi connectivity index (χ4n) is 16.9. The molecule has 6 aliphatic heterocycles. The van der Waals surface area contributed by atoms with Gasteiger partial charge in [0.05, 0.1) is 86.6 Å². The SMILES string of the molecule is COC(=O)N[C@H]1[C@@H](C)O[C@@H](O[C@H]2C/C=C(\C)[C@H]3C=CC4[C@@H](O[C@H]5C[C@@H](O[C@H]6CCC(O[C@H]7C[C@@H](O)C(O[C@H]8CC[C@@H](O)[C@H](C)O8)[C@H](C)O7)[C@H](C)O6)[C@@H](OC(C)=O)[C@H](C)O5)[C@@H](C)C[C@H](C)[C@H]4[C@]3(C)C(=O)C3=C(O)C4(CC(C=O)=C[C@H](O)[C@H]4/C=C/2C)OC3=O)C[C@]1(C)[N+](=O)[O-]. The van der Waals surface area contributed by atoms with E-state index in [1.807, 2.05) is 39.0 Å². The van der Waals surface area contributed by atoms with Crippen molar-refractivity contribution in [1.82, 2.24) is 5.32 Å². The van der Waals surface area contributed by atoms with Gasteiger partial charge in [0.2, 0.25) is 5.54 Å². The number of nitrogens with one attached hydrogen (secondary N) is 1. The van der Waals surface area contributed by atoms with E-state index < -0.39 is 203 Å². The number of rotatable bonds is 14. The Kier molecular flexibility index (Phi) is 21.4. The quantitative estimate of drug-likeness (QED) is 0.0240. The molecular formula is C67H96N2O24. The summed E-state index contributed by atoms with van der Waals surface area (Å²) in [4.78, 5) is 81.1. The zero-order valence-corrected chi connectivity index (χ0v) is 55.4. The molecule has 1 amide bonds. The summed E-state index contributed by atoms with van der Waals surface area (Å²) in [5.74, 6) is -6.55. The monoisotopic (exact) mass is 1310 g/mol. The molecule has 0 aromatic rings. The van der Waals surface area contributed by atoms with Crippen LogP contribution in [-0.2, 0) is 80.8 Å². The summed E-state index contributed by atoms with van der Waals surface area (Å²) in [6.45, 7) is 21.0. The summed E-state index contributed by atoms with van der Waals surface area (Å²) in [6, 6.07) is -1.12. The molecule has 4 aliphatic carbocycles. The Balaban J connectivity index is 0.902. The lowest BCUT2D eigenvalue weighted by atomic mass is 9.48. The van der Waals surface area contributed by atoms with Crippen molar-refractivity contribution in [1.29, 1.82) is 0 Å². The van der Waals surface area contributed by atoms with E-state index >= 15 is 4.79 Å². The molecule has 4 unspecified atom stereocenters. The lowest BCUT2D eigenvalue weighted by Crippen LogP contribution is -2.65. The number of carbonyl (C=O) groups is 5. The van der Waals surface area contributed by atoms with E-state index in [0.29, 0.717) is 49.5 Å². The maximum absolute atomic E-state index is 16.2. The van der Waals surface area contributed by atoms with Crippen molar-refractivity contribution in [2.45, 2.75) is 281 Å². The molecule has 0 aromatic carbocycles. The zero-order valence-electron chi connectivity index (χ0n) is 55.4. The van der Waals surface area contributed by atoms with Crippen LogP contribution in [0.1, 0.15) is 147 Å². The van der Waals surface area contributed by atoms with E-state index in [-0.39, 0.29) is 49.5 Å². The van der Waals surface area contributed by atoms with Crippen molar-refractivity contribution in [3.8, 4) is 0 Å². The second-order valence-corrected chi connectivity index (χ2v) is 28.2. The van der Waals surface area contributed by atoms with Gasteiger partial charge in [-0.25, -0.2) is 9.59 Å². The first-order valence-corrected chi connectivity index (χ1v) is 33.1. The van der Waals surface area contributed by atoms with E-state index in [1.54, 1.807) is 40.7 Å². The molecule has 0 aromatic heterocycles. The third-order valence-corrected chi connectivity index (χ3v) is 21.7. The number of aldehydes is 1. The highest BCUT2D eigenvalue weighted by Gasteiger charge is 2.65. The summed E-state index contributed by atoms with van der Waals surface area (Å²) < 4.78 is 81.5. The number of ether oxygens (including phenoxy) is 13. The van der Waals surface area contributed by atoms with Gasteiger partial charge in [-0.1, -0.05) is 50.6 Å². The smallest absolute Gasteiger partial charge is 0.407 e. The van der Waals surface area contributed by atoms with Crippen LogP contribution in [0.4, 0.5) is 4.79 Å². The number of hydrogen-bond acceptors (Lipinski definition) is 24. The fourth-order valence-corrected chi connectivity index (χ4v) is 16.9. The molecule has 1 spiro atoms. The van der Waals surface area contributed by atoms with Gasteiger partial charge in [0.25, 0.3) is 0 Å². The first-order chi connectivity index (χ1) is 43.9. The third-order valence-electron chi connectivity index (χ3n) is 21.7. The van der Waals surface area contributed by atoms with Crippen molar-refractivity contribution in [2.75, 3.05) is 7.11 Å². The van der Waals surface area contributed by atoms with E-state index in [2.05, 4.69) is 19.2 Å². The summed E-state index contributed by atoms with van der Waals surface area (Å²) in [6.07, 6.45) is -4.20. The average molecular weight is 1310 g/mol. The van der Waals surface area contributed by atoms with Crippen molar-refractivity contribution >= 4 is 30.1 Å². The number of Topliss-reactive ketones (excluding diaryl/α,β-unsaturated/α-hetero) is 1. The molecule has 0 radical (unpaired) electrons. The molecule has 6 heterocycles. The van der Waals surface area contributed by atoms with Gasteiger partial charge in [-0.3, -0.25) is 24.5 Å².